The molecule has 0 N–H and O–H groups in total. The summed E-state index contributed by atoms with van der Waals surface area (Å²) in [6.45, 7) is 0. The molecule has 0 unspecified atom stereocenters. The summed E-state index contributed by atoms with van der Waals surface area (Å²) in [6, 6.07) is 11.1. The Bertz CT molecular complexity index is 781. The molecule has 0 aliphatic heterocycles. The van der Waals surface area contributed by atoms with Crippen molar-refractivity contribution in [2.24, 2.45) is 0 Å². The van der Waals surface area contributed by atoms with E-state index in [9.17, 15) is 4.79 Å². The highest BCUT2D eigenvalue weighted by molar-refractivity contribution is 9.10. The summed E-state index contributed by atoms with van der Waals surface area (Å²) in [6.07, 6.45) is 1.68. The SMILES string of the molecule is COC(=O)c1ccc2nnc(-c3ccc(Br)cc3)n2c1. The Balaban J connectivity index is 2.16. The highest BCUT2D eigenvalue weighted by Crippen LogP contribution is 2.21. The second-order valence-electron chi connectivity index (χ2n) is 4.17. The van der Waals surface area contributed by atoms with Crippen molar-refractivity contribution in [3.63, 3.8) is 0 Å². The molecule has 2 heterocycles. The van der Waals surface area contributed by atoms with Crippen LogP contribution in [0.4, 0.5) is 0 Å². The summed E-state index contributed by atoms with van der Waals surface area (Å²) in [5, 5.41) is 8.26. The molecule has 0 spiro atoms. The van der Waals surface area contributed by atoms with Crippen LogP contribution in [0.5, 0.6) is 0 Å². The molecule has 1 aromatic carbocycles. The van der Waals surface area contributed by atoms with E-state index in [0.29, 0.717) is 17.0 Å². The van der Waals surface area contributed by atoms with Crippen LogP contribution < -0.4 is 0 Å². The Morgan fingerprint density at radius 2 is 1.90 bits per heavy atom. The minimum Gasteiger partial charge on any atom is -0.465 e. The van der Waals surface area contributed by atoms with E-state index in [2.05, 4.69) is 26.1 Å². The predicted molar refractivity (Wildman–Crippen MR) is 77.5 cm³/mol. The van der Waals surface area contributed by atoms with Crippen molar-refractivity contribution in [2.75, 3.05) is 7.11 Å². The van der Waals surface area contributed by atoms with Crippen molar-refractivity contribution < 1.29 is 9.53 Å². The third kappa shape index (κ3) is 2.18. The molecule has 3 aromatic rings. The van der Waals surface area contributed by atoms with Crippen molar-refractivity contribution in [3.05, 3.63) is 52.6 Å². The molecule has 6 heteroatoms. The molecule has 5 nitrogen and oxygen atoms in total. The summed E-state index contributed by atoms with van der Waals surface area (Å²) in [4.78, 5) is 11.6. The van der Waals surface area contributed by atoms with Crippen LogP contribution in [-0.2, 0) is 4.74 Å². The second kappa shape index (κ2) is 5.05. The second-order valence-corrected chi connectivity index (χ2v) is 5.08. The number of rotatable bonds is 2. The van der Waals surface area contributed by atoms with E-state index in [-0.39, 0.29) is 5.97 Å². The van der Waals surface area contributed by atoms with Gasteiger partial charge >= 0.3 is 5.97 Å². The van der Waals surface area contributed by atoms with Crippen molar-refractivity contribution >= 4 is 27.5 Å². The van der Waals surface area contributed by atoms with E-state index in [1.807, 2.05) is 24.3 Å². The Hall–Kier alpha value is -2.21. The van der Waals surface area contributed by atoms with Crippen LogP contribution in [0, 0.1) is 0 Å². The summed E-state index contributed by atoms with van der Waals surface area (Å²) < 4.78 is 7.49. The molecule has 100 valence electrons. The number of esters is 1. The summed E-state index contributed by atoms with van der Waals surface area (Å²) in [5.41, 5.74) is 2.05. The molecule has 0 atom stereocenters. The average molecular weight is 332 g/mol. The molecule has 2 aromatic heterocycles. The Morgan fingerprint density at radius 3 is 2.60 bits per heavy atom. The van der Waals surface area contributed by atoms with Gasteiger partial charge in [-0.1, -0.05) is 28.1 Å². The number of hydrogen-bond acceptors (Lipinski definition) is 4. The number of carbonyl (C=O) groups excluding carboxylic acids is 1. The fourth-order valence-corrected chi connectivity index (χ4v) is 2.19. The van der Waals surface area contributed by atoms with E-state index in [0.717, 1.165) is 10.0 Å². The normalized spacial score (nSPS) is 10.7. The van der Waals surface area contributed by atoms with Gasteiger partial charge in [-0.3, -0.25) is 4.40 Å². The van der Waals surface area contributed by atoms with Gasteiger partial charge in [0.15, 0.2) is 11.5 Å². The lowest BCUT2D eigenvalue weighted by molar-refractivity contribution is 0.0600. The molecule has 0 bridgehead atoms. The Labute approximate surface area is 123 Å². The number of hydrogen-bond donors (Lipinski definition) is 0. The first kappa shape index (κ1) is 12.8. The monoisotopic (exact) mass is 331 g/mol. The van der Waals surface area contributed by atoms with Gasteiger partial charge in [0, 0.05) is 16.2 Å². The summed E-state index contributed by atoms with van der Waals surface area (Å²) in [7, 11) is 1.36. The van der Waals surface area contributed by atoms with E-state index < -0.39 is 0 Å². The largest absolute Gasteiger partial charge is 0.465 e. The van der Waals surface area contributed by atoms with Crippen LogP contribution in [0.1, 0.15) is 10.4 Å². The predicted octanol–water partition coefficient (Wildman–Crippen LogP) is 2.95. The first-order chi connectivity index (χ1) is 9.69. The first-order valence-electron chi connectivity index (χ1n) is 5.88. The van der Waals surface area contributed by atoms with Gasteiger partial charge in [0.2, 0.25) is 0 Å². The zero-order valence-electron chi connectivity index (χ0n) is 10.6. The molecule has 3 rings (SSSR count). The lowest BCUT2D eigenvalue weighted by atomic mass is 10.2. The van der Waals surface area contributed by atoms with Crippen LogP contribution in [-0.4, -0.2) is 27.7 Å². The molecule has 0 amide bonds. The smallest absolute Gasteiger partial charge is 0.339 e. The molecule has 0 saturated carbocycles. The molecule has 0 radical (unpaired) electrons. The Kier molecular flexibility index (Phi) is 3.23. The zero-order valence-corrected chi connectivity index (χ0v) is 12.2. The van der Waals surface area contributed by atoms with Crippen LogP contribution in [0.3, 0.4) is 0 Å². The standard InChI is InChI=1S/C14H10BrN3O2/c1-20-14(19)10-4-7-12-16-17-13(18(12)8-10)9-2-5-11(15)6-3-9/h2-8H,1H3. The molecule has 0 aliphatic rings. The third-order valence-electron chi connectivity index (χ3n) is 2.93. The van der Waals surface area contributed by atoms with Crippen LogP contribution in [0.2, 0.25) is 0 Å². The fraction of sp³-hybridized carbons (Fsp3) is 0.0714. The molecule has 0 saturated heterocycles. The highest BCUT2D eigenvalue weighted by atomic mass is 79.9. The lowest BCUT2D eigenvalue weighted by Crippen LogP contribution is -2.03. The van der Waals surface area contributed by atoms with E-state index >= 15 is 0 Å². The van der Waals surface area contributed by atoms with Crippen molar-refractivity contribution in [1.82, 2.24) is 14.6 Å². The molecular weight excluding hydrogens is 322 g/mol. The van der Waals surface area contributed by atoms with Gasteiger partial charge in [-0.25, -0.2) is 4.79 Å². The van der Waals surface area contributed by atoms with Gasteiger partial charge in [-0.2, -0.15) is 0 Å². The topological polar surface area (TPSA) is 56.5 Å². The summed E-state index contributed by atoms with van der Waals surface area (Å²) in [5.74, 6) is 0.292. The van der Waals surface area contributed by atoms with Gasteiger partial charge in [0.25, 0.3) is 0 Å². The zero-order chi connectivity index (χ0) is 14.1. The van der Waals surface area contributed by atoms with Crippen LogP contribution >= 0.6 is 15.9 Å². The maximum absolute atomic E-state index is 11.6. The van der Waals surface area contributed by atoms with Crippen molar-refractivity contribution in [1.29, 1.82) is 0 Å². The van der Waals surface area contributed by atoms with E-state index in [1.54, 1.807) is 22.7 Å². The lowest BCUT2D eigenvalue weighted by Gasteiger charge is -2.03. The number of nitrogens with zero attached hydrogens (tertiary/aromatic N) is 3. The van der Waals surface area contributed by atoms with Crippen LogP contribution in [0.15, 0.2) is 47.1 Å². The highest BCUT2D eigenvalue weighted by Gasteiger charge is 2.11. The third-order valence-corrected chi connectivity index (χ3v) is 3.45. The van der Waals surface area contributed by atoms with Crippen LogP contribution in [0.25, 0.3) is 17.0 Å². The summed E-state index contributed by atoms with van der Waals surface area (Å²) >= 11 is 3.39. The fourth-order valence-electron chi connectivity index (χ4n) is 1.93. The number of halogens is 1. The Morgan fingerprint density at radius 1 is 1.15 bits per heavy atom. The van der Waals surface area contributed by atoms with Gasteiger partial charge in [0.05, 0.1) is 12.7 Å². The number of methoxy groups -OCH3 is 1. The number of ether oxygens (including phenoxy) is 1. The minimum atomic E-state index is -0.387. The number of benzene rings is 1. The van der Waals surface area contributed by atoms with Gasteiger partial charge in [-0.05, 0) is 24.3 Å². The van der Waals surface area contributed by atoms with Gasteiger partial charge in [0.1, 0.15) is 0 Å². The maximum atomic E-state index is 11.6. The molecular formula is C14H10BrN3O2. The van der Waals surface area contributed by atoms with E-state index in [1.165, 1.54) is 7.11 Å². The maximum Gasteiger partial charge on any atom is 0.339 e. The van der Waals surface area contributed by atoms with Crippen molar-refractivity contribution in [3.8, 4) is 11.4 Å². The molecule has 20 heavy (non-hydrogen) atoms. The van der Waals surface area contributed by atoms with E-state index in [4.69, 9.17) is 4.74 Å². The number of aromatic nitrogens is 3. The van der Waals surface area contributed by atoms with Gasteiger partial charge in [-0.15, -0.1) is 10.2 Å². The first-order valence-corrected chi connectivity index (χ1v) is 6.67. The molecule has 0 aliphatic carbocycles. The van der Waals surface area contributed by atoms with Crippen molar-refractivity contribution in [2.45, 2.75) is 0 Å². The average Bonchev–Trinajstić information content (AvgIpc) is 2.90. The quantitative estimate of drug-likeness (QED) is 0.677. The minimum absolute atomic E-state index is 0.387. The number of fused-ring (bicyclic) bond motifs is 1. The van der Waals surface area contributed by atoms with Gasteiger partial charge < -0.3 is 4.74 Å². The number of carbonyl (C=O) groups is 1. The molecule has 0 fully saturated rings. The number of pyridine rings is 1.